The number of fused-ring (bicyclic) bond motifs is 1. The van der Waals surface area contributed by atoms with E-state index >= 15 is 0 Å². The van der Waals surface area contributed by atoms with Gasteiger partial charge in [-0.05, 0) is 89.9 Å². The van der Waals surface area contributed by atoms with Crippen LogP contribution in [0.3, 0.4) is 0 Å². The molecule has 0 radical (unpaired) electrons. The summed E-state index contributed by atoms with van der Waals surface area (Å²) < 4.78 is 26.3. The predicted octanol–water partition coefficient (Wildman–Crippen LogP) is 6.80. The molecule has 0 unspecified atom stereocenters. The van der Waals surface area contributed by atoms with Gasteiger partial charge in [0.05, 0.1) is 11.4 Å². The van der Waals surface area contributed by atoms with Gasteiger partial charge in [0, 0.05) is 18.6 Å². The Morgan fingerprint density at radius 3 is 2.42 bits per heavy atom. The van der Waals surface area contributed by atoms with Gasteiger partial charge >= 0.3 is 0 Å². The molecule has 0 bridgehead atoms. The van der Waals surface area contributed by atoms with Crippen LogP contribution in [-0.4, -0.2) is 11.1 Å². The molecule has 0 atom stereocenters. The molecule has 2 heterocycles. The monoisotopic (exact) mass is 410 g/mol. The number of hydrogen-bond acceptors (Lipinski definition) is 2. The van der Waals surface area contributed by atoms with Crippen LogP contribution < -0.4 is 0 Å². The highest BCUT2D eigenvalue weighted by molar-refractivity contribution is 5.78. The fourth-order valence-corrected chi connectivity index (χ4v) is 3.20. The molecule has 2 nitrogen and oxygen atoms in total. The summed E-state index contributed by atoms with van der Waals surface area (Å²) in [5.74, 6) is -0.510. The van der Waals surface area contributed by atoms with Gasteiger partial charge in [0.2, 0.25) is 0 Å². The summed E-state index contributed by atoms with van der Waals surface area (Å²) in [6, 6.07) is 12.7. The predicted molar refractivity (Wildman–Crippen MR) is 123 cm³/mol. The van der Waals surface area contributed by atoms with E-state index in [2.05, 4.69) is 10.7 Å². The van der Waals surface area contributed by atoms with Crippen LogP contribution in [0.5, 0.6) is 0 Å². The van der Waals surface area contributed by atoms with Crippen LogP contribution in [0.25, 0.3) is 11.8 Å². The van der Waals surface area contributed by atoms with Crippen molar-refractivity contribution in [1.82, 2.24) is 4.90 Å². The van der Waals surface area contributed by atoms with Crippen molar-refractivity contribution in [3.8, 4) is 0 Å². The third kappa shape index (κ3) is 4.95. The van der Waals surface area contributed by atoms with E-state index in [0.29, 0.717) is 0 Å². The summed E-state index contributed by atoms with van der Waals surface area (Å²) in [7, 11) is 0. The van der Waals surface area contributed by atoms with E-state index in [1.807, 2.05) is 54.5 Å². The summed E-state index contributed by atoms with van der Waals surface area (Å²) in [5, 5.41) is 0. The smallest absolute Gasteiger partial charge is 0.123 e. The van der Waals surface area contributed by atoms with Crippen molar-refractivity contribution in [3.05, 3.63) is 137 Å². The Hall–Kier alpha value is -4.01. The second kappa shape index (κ2) is 9.21. The maximum Gasteiger partial charge on any atom is 0.123 e. The minimum Gasteiger partial charge on any atom is -0.309 e. The normalized spacial score (nSPS) is 15.9. The van der Waals surface area contributed by atoms with Crippen LogP contribution in [0.1, 0.15) is 18.1 Å². The maximum atomic E-state index is 13.3. The van der Waals surface area contributed by atoms with E-state index in [-0.39, 0.29) is 11.6 Å². The standard InChI is InChI=1S/C27H20F2N2/c1-20(18-30-17-3-4-21-7-12-24(28)13-8-21)23-11-16-26-5-2-6-27(31(26)19-23)22-9-14-25(29)15-10-22/h2-4,6-19H,1H3/b4-3-,20-18+,30-17-. The zero-order valence-corrected chi connectivity index (χ0v) is 17.0. The third-order valence-electron chi connectivity index (χ3n) is 4.87. The molecule has 0 spiro atoms. The summed E-state index contributed by atoms with van der Waals surface area (Å²) in [6.45, 7) is 1.99. The molecule has 2 aliphatic rings. The molecule has 2 aliphatic heterocycles. The number of rotatable bonds is 5. The molecule has 2 aromatic carbocycles. The summed E-state index contributed by atoms with van der Waals surface area (Å²) in [6.07, 6.45) is 17.0. The van der Waals surface area contributed by atoms with E-state index < -0.39 is 0 Å². The van der Waals surface area contributed by atoms with Gasteiger partial charge in [0.15, 0.2) is 0 Å². The van der Waals surface area contributed by atoms with Gasteiger partial charge in [0.25, 0.3) is 0 Å². The minimum absolute atomic E-state index is 0.252. The van der Waals surface area contributed by atoms with Crippen molar-refractivity contribution < 1.29 is 8.78 Å². The Kier molecular flexibility index (Phi) is 6.02. The Morgan fingerprint density at radius 2 is 1.68 bits per heavy atom. The van der Waals surface area contributed by atoms with Crippen LogP contribution in [0.4, 0.5) is 8.78 Å². The number of nitrogens with zero attached hydrogens (tertiary/aromatic N) is 2. The number of aliphatic imine (C=N–C) groups is 1. The van der Waals surface area contributed by atoms with Crippen molar-refractivity contribution in [2.24, 2.45) is 4.99 Å². The van der Waals surface area contributed by atoms with Gasteiger partial charge < -0.3 is 4.90 Å². The van der Waals surface area contributed by atoms with E-state index in [0.717, 1.165) is 33.7 Å². The molecule has 31 heavy (non-hydrogen) atoms. The lowest BCUT2D eigenvalue weighted by Crippen LogP contribution is -2.18. The quantitative estimate of drug-likeness (QED) is 0.391. The number of allylic oxidation sites excluding steroid dienone is 6. The van der Waals surface area contributed by atoms with Gasteiger partial charge in [-0.3, -0.25) is 4.99 Å². The van der Waals surface area contributed by atoms with Crippen molar-refractivity contribution in [2.75, 3.05) is 0 Å². The molecule has 0 amide bonds. The molecular formula is C27H20F2N2. The maximum absolute atomic E-state index is 13.3. The average Bonchev–Trinajstić information content (AvgIpc) is 2.80. The average molecular weight is 410 g/mol. The first-order chi connectivity index (χ1) is 15.1. The second-order valence-corrected chi connectivity index (χ2v) is 7.06. The van der Waals surface area contributed by atoms with Crippen LogP contribution in [0, 0.1) is 11.6 Å². The highest BCUT2D eigenvalue weighted by Crippen LogP contribution is 2.32. The van der Waals surface area contributed by atoms with Gasteiger partial charge in [-0.15, -0.1) is 0 Å². The zero-order valence-electron chi connectivity index (χ0n) is 17.0. The fourth-order valence-electron chi connectivity index (χ4n) is 3.20. The first-order valence-corrected chi connectivity index (χ1v) is 9.85. The minimum atomic E-state index is -0.258. The number of hydrogen-bond donors (Lipinski definition) is 0. The molecular weight excluding hydrogens is 390 g/mol. The molecule has 0 fully saturated rings. The molecule has 0 saturated heterocycles. The molecule has 0 aromatic heterocycles. The largest absolute Gasteiger partial charge is 0.309 e. The molecule has 4 rings (SSSR count). The summed E-state index contributed by atoms with van der Waals surface area (Å²) in [5.41, 5.74) is 8.94. The second-order valence-electron chi connectivity index (χ2n) is 7.06. The molecule has 2 aromatic rings. The van der Waals surface area contributed by atoms with Gasteiger partial charge in [-0.2, -0.15) is 0 Å². The van der Waals surface area contributed by atoms with Crippen molar-refractivity contribution in [2.45, 2.75) is 6.92 Å². The highest BCUT2D eigenvalue weighted by atomic mass is 19.1. The fraction of sp³-hybridized carbons (Fsp3) is 0.0370. The molecule has 0 saturated carbocycles. The molecule has 4 heteroatoms. The summed E-state index contributed by atoms with van der Waals surface area (Å²) >= 11 is 0. The number of halogens is 2. The Bertz CT molecular complexity index is 1220. The van der Waals surface area contributed by atoms with E-state index in [1.54, 1.807) is 36.7 Å². The lowest BCUT2D eigenvalue weighted by Gasteiger charge is -2.29. The lowest BCUT2D eigenvalue weighted by molar-refractivity contribution is 0.626. The van der Waals surface area contributed by atoms with Crippen LogP contribution in [0.15, 0.2) is 119 Å². The van der Waals surface area contributed by atoms with E-state index in [1.165, 1.54) is 24.3 Å². The Morgan fingerprint density at radius 1 is 0.968 bits per heavy atom. The highest BCUT2D eigenvalue weighted by Gasteiger charge is 2.18. The van der Waals surface area contributed by atoms with Gasteiger partial charge in [-0.1, -0.05) is 30.0 Å². The van der Waals surface area contributed by atoms with Crippen molar-refractivity contribution in [1.29, 1.82) is 0 Å². The molecule has 0 aliphatic carbocycles. The van der Waals surface area contributed by atoms with Crippen LogP contribution in [0.2, 0.25) is 0 Å². The lowest BCUT2D eigenvalue weighted by atomic mass is 10.0. The zero-order chi connectivity index (χ0) is 21.6. The molecule has 0 N–H and O–H groups in total. The summed E-state index contributed by atoms with van der Waals surface area (Å²) in [4.78, 5) is 6.38. The van der Waals surface area contributed by atoms with Crippen molar-refractivity contribution in [3.63, 3.8) is 0 Å². The number of benzene rings is 2. The Labute approximate surface area is 180 Å². The first kappa shape index (κ1) is 20.3. The van der Waals surface area contributed by atoms with Gasteiger partial charge in [0.1, 0.15) is 11.6 Å². The Balaban J connectivity index is 1.49. The third-order valence-corrected chi connectivity index (χ3v) is 4.87. The first-order valence-electron chi connectivity index (χ1n) is 9.85. The van der Waals surface area contributed by atoms with Crippen molar-refractivity contribution >= 4 is 18.0 Å². The SMILES string of the molecule is C\C(=C/N=C\C=C/c1ccc(F)cc1)C1=CN2C(=C=CC=C2c2ccc(F)cc2)C=C1. The van der Waals surface area contributed by atoms with Crippen LogP contribution >= 0.6 is 0 Å². The topological polar surface area (TPSA) is 15.6 Å². The van der Waals surface area contributed by atoms with Gasteiger partial charge in [-0.25, -0.2) is 8.78 Å². The van der Waals surface area contributed by atoms with E-state index in [9.17, 15) is 8.78 Å². The van der Waals surface area contributed by atoms with E-state index in [4.69, 9.17) is 0 Å². The molecule has 152 valence electrons. The van der Waals surface area contributed by atoms with Crippen LogP contribution in [-0.2, 0) is 0 Å².